The van der Waals surface area contributed by atoms with Crippen molar-refractivity contribution < 1.29 is 14.4 Å². The zero-order valence-electron chi connectivity index (χ0n) is 12.3. The monoisotopic (exact) mass is 322 g/mol. The Bertz CT molecular complexity index is 541. The first-order chi connectivity index (χ1) is 10.6. The minimum absolute atomic E-state index is 0.0457. The molecule has 118 valence electrons. The highest BCUT2D eigenvalue weighted by Gasteiger charge is 2.27. The van der Waals surface area contributed by atoms with Crippen LogP contribution in [0.25, 0.3) is 0 Å². The van der Waals surface area contributed by atoms with Crippen LogP contribution in [0.5, 0.6) is 0 Å². The highest BCUT2D eigenvalue weighted by atomic mass is 35.5. The molecule has 0 radical (unpaired) electrons. The lowest BCUT2D eigenvalue weighted by atomic mass is 10.1. The maximum Gasteiger partial charge on any atom is 0.229 e. The van der Waals surface area contributed by atoms with Gasteiger partial charge in [-0.15, -0.1) is 0 Å². The molecule has 22 heavy (non-hydrogen) atoms. The van der Waals surface area contributed by atoms with E-state index in [0.29, 0.717) is 30.8 Å². The Morgan fingerprint density at radius 3 is 2.32 bits per heavy atom. The molecule has 0 spiro atoms. The Morgan fingerprint density at radius 1 is 1.05 bits per heavy atom. The zero-order valence-corrected chi connectivity index (χ0v) is 13.1. The topological polar surface area (TPSA) is 66.5 Å². The average Bonchev–Trinajstić information content (AvgIpc) is 2.81. The fourth-order valence-corrected chi connectivity index (χ4v) is 2.49. The summed E-state index contributed by atoms with van der Waals surface area (Å²) in [5.41, 5.74) is 0.725. The number of unbranched alkanes of at least 4 members (excludes halogenated alkanes) is 2. The van der Waals surface area contributed by atoms with E-state index in [4.69, 9.17) is 11.6 Å². The molecule has 0 aliphatic carbocycles. The third kappa shape index (κ3) is 4.84. The van der Waals surface area contributed by atoms with Gasteiger partial charge >= 0.3 is 0 Å². The summed E-state index contributed by atoms with van der Waals surface area (Å²) in [5.74, 6) is -0.202. The molecule has 1 N–H and O–H groups in total. The average molecular weight is 323 g/mol. The van der Waals surface area contributed by atoms with Gasteiger partial charge in [0.05, 0.1) is 0 Å². The molecule has 0 bridgehead atoms. The normalized spacial score (nSPS) is 14.5. The summed E-state index contributed by atoms with van der Waals surface area (Å²) < 4.78 is 0. The van der Waals surface area contributed by atoms with Crippen molar-refractivity contribution in [2.45, 2.75) is 38.5 Å². The quantitative estimate of drug-likeness (QED) is 0.620. The van der Waals surface area contributed by atoms with E-state index in [1.54, 1.807) is 24.3 Å². The second-order valence-corrected chi connectivity index (χ2v) is 5.74. The van der Waals surface area contributed by atoms with E-state index in [9.17, 15) is 14.4 Å². The SMILES string of the molecule is O=C(CCCCCN1C(=O)CCC1=O)Nc1ccc(Cl)cc1. The van der Waals surface area contributed by atoms with Gasteiger partial charge in [-0.2, -0.15) is 0 Å². The molecule has 0 saturated carbocycles. The van der Waals surface area contributed by atoms with Gasteiger partial charge in [-0.1, -0.05) is 18.0 Å². The highest BCUT2D eigenvalue weighted by Crippen LogP contribution is 2.15. The molecule has 0 unspecified atom stereocenters. The van der Waals surface area contributed by atoms with Gasteiger partial charge in [-0.3, -0.25) is 19.3 Å². The first-order valence-corrected chi connectivity index (χ1v) is 7.82. The summed E-state index contributed by atoms with van der Waals surface area (Å²) in [6.07, 6.45) is 3.38. The fraction of sp³-hybridized carbons (Fsp3) is 0.438. The molecule has 3 amide bonds. The largest absolute Gasteiger partial charge is 0.326 e. The molecule has 1 aliphatic heterocycles. The van der Waals surface area contributed by atoms with E-state index in [1.807, 2.05) is 0 Å². The number of benzene rings is 1. The van der Waals surface area contributed by atoms with Crippen LogP contribution in [0.3, 0.4) is 0 Å². The van der Waals surface area contributed by atoms with Crippen molar-refractivity contribution in [3.05, 3.63) is 29.3 Å². The standard InChI is InChI=1S/C16H19ClN2O3/c17-12-5-7-13(8-6-12)18-14(20)4-2-1-3-11-19-15(21)9-10-16(19)22/h5-8H,1-4,9-11H2,(H,18,20). The van der Waals surface area contributed by atoms with Crippen LogP contribution in [0.1, 0.15) is 38.5 Å². The first-order valence-electron chi connectivity index (χ1n) is 7.45. The second kappa shape index (κ2) is 7.94. The smallest absolute Gasteiger partial charge is 0.229 e. The molecule has 0 aromatic heterocycles. The number of halogens is 1. The number of anilines is 1. The molecule has 1 heterocycles. The second-order valence-electron chi connectivity index (χ2n) is 5.30. The summed E-state index contributed by atoms with van der Waals surface area (Å²) in [6.45, 7) is 0.469. The summed E-state index contributed by atoms with van der Waals surface area (Å²) in [6, 6.07) is 6.96. The summed E-state index contributed by atoms with van der Waals surface area (Å²) in [5, 5.41) is 3.43. The molecule has 1 aliphatic rings. The van der Waals surface area contributed by atoms with Crippen molar-refractivity contribution in [3.8, 4) is 0 Å². The third-order valence-corrected chi connectivity index (χ3v) is 3.82. The molecule has 1 fully saturated rings. The van der Waals surface area contributed by atoms with Crippen LogP contribution in [-0.4, -0.2) is 29.2 Å². The molecular weight excluding hydrogens is 304 g/mol. The van der Waals surface area contributed by atoms with Gasteiger partial charge in [0.2, 0.25) is 17.7 Å². The Labute approximate surface area is 134 Å². The highest BCUT2D eigenvalue weighted by molar-refractivity contribution is 6.30. The van der Waals surface area contributed by atoms with E-state index < -0.39 is 0 Å². The Morgan fingerprint density at radius 2 is 1.68 bits per heavy atom. The molecule has 1 aromatic carbocycles. The number of hydrogen-bond acceptors (Lipinski definition) is 3. The number of likely N-dealkylation sites (tertiary alicyclic amines) is 1. The molecule has 5 nitrogen and oxygen atoms in total. The van der Waals surface area contributed by atoms with Crippen molar-refractivity contribution in [1.82, 2.24) is 4.90 Å². The fourth-order valence-electron chi connectivity index (χ4n) is 2.36. The van der Waals surface area contributed by atoms with Crippen LogP contribution in [-0.2, 0) is 14.4 Å². The van der Waals surface area contributed by atoms with E-state index in [2.05, 4.69) is 5.32 Å². The van der Waals surface area contributed by atoms with Gasteiger partial charge in [0.25, 0.3) is 0 Å². The summed E-state index contributed by atoms with van der Waals surface area (Å²) >= 11 is 5.78. The number of hydrogen-bond donors (Lipinski definition) is 1. The lowest BCUT2D eigenvalue weighted by molar-refractivity contribution is -0.138. The number of carbonyl (C=O) groups is 3. The van der Waals surface area contributed by atoms with Crippen molar-refractivity contribution in [3.63, 3.8) is 0 Å². The summed E-state index contributed by atoms with van der Waals surface area (Å²) in [4.78, 5) is 35.9. The number of nitrogens with one attached hydrogen (secondary N) is 1. The lowest BCUT2D eigenvalue weighted by Crippen LogP contribution is -2.29. The van der Waals surface area contributed by atoms with Gasteiger partial charge in [0.1, 0.15) is 0 Å². The molecule has 1 aromatic rings. The van der Waals surface area contributed by atoms with E-state index in [0.717, 1.165) is 24.9 Å². The van der Waals surface area contributed by atoms with Crippen LogP contribution >= 0.6 is 11.6 Å². The van der Waals surface area contributed by atoms with Crippen LogP contribution in [0.15, 0.2) is 24.3 Å². The van der Waals surface area contributed by atoms with Crippen LogP contribution in [0.4, 0.5) is 5.69 Å². The molecule has 2 rings (SSSR count). The van der Waals surface area contributed by atoms with Crippen LogP contribution < -0.4 is 5.32 Å². The Balaban J connectivity index is 1.60. The molecule has 6 heteroatoms. The minimum Gasteiger partial charge on any atom is -0.326 e. The zero-order chi connectivity index (χ0) is 15.9. The Hall–Kier alpha value is -1.88. The van der Waals surface area contributed by atoms with Gasteiger partial charge < -0.3 is 5.32 Å². The van der Waals surface area contributed by atoms with Crippen molar-refractivity contribution in [2.24, 2.45) is 0 Å². The molecule has 1 saturated heterocycles. The molecule has 0 atom stereocenters. The van der Waals surface area contributed by atoms with Crippen LogP contribution in [0.2, 0.25) is 5.02 Å². The van der Waals surface area contributed by atoms with E-state index in [-0.39, 0.29) is 17.7 Å². The predicted molar refractivity (Wildman–Crippen MR) is 84.5 cm³/mol. The van der Waals surface area contributed by atoms with E-state index >= 15 is 0 Å². The van der Waals surface area contributed by atoms with Gasteiger partial charge in [0, 0.05) is 36.5 Å². The number of carbonyl (C=O) groups excluding carboxylic acids is 3. The maximum atomic E-state index is 11.8. The van der Waals surface area contributed by atoms with Crippen molar-refractivity contribution in [1.29, 1.82) is 0 Å². The van der Waals surface area contributed by atoms with E-state index in [1.165, 1.54) is 4.90 Å². The number of rotatable bonds is 7. The van der Waals surface area contributed by atoms with Gasteiger partial charge in [-0.05, 0) is 37.1 Å². The third-order valence-electron chi connectivity index (χ3n) is 3.57. The predicted octanol–water partition coefficient (Wildman–Crippen LogP) is 2.99. The van der Waals surface area contributed by atoms with Gasteiger partial charge in [0.15, 0.2) is 0 Å². The molecular formula is C16H19ClN2O3. The maximum absolute atomic E-state index is 11.8. The van der Waals surface area contributed by atoms with Gasteiger partial charge in [-0.25, -0.2) is 0 Å². The first kappa shape index (κ1) is 16.5. The number of amides is 3. The summed E-state index contributed by atoms with van der Waals surface area (Å²) in [7, 11) is 0. The van der Waals surface area contributed by atoms with Crippen molar-refractivity contribution >= 4 is 35.0 Å². The Kier molecular flexibility index (Phi) is 5.95. The van der Waals surface area contributed by atoms with Crippen LogP contribution in [0, 0.1) is 0 Å². The minimum atomic E-state index is -0.0783. The lowest BCUT2D eigenvalue weighted by Gasteiger charge is -2.13. The van der Waals surface area contributed by atoms with Crippen molar-refractivity contribution in [2.75, 3.05) is 11.9 Å². The number of imide groups is 1. The number of nitrogens with zero attached hydrogens (tertiary/aromatic N) is 1.